The van der Waals surface area contributed by atoms with Crippen LogP contribution in [0.5, 0.6) is 17.4 Å². The van der Waals surface area contributed by atoms with Crippen LogP contribution < -0.4 is 20.2 Å². The van der Waals surface area contributed by atoms with Gasteiger partial charge in [0.15, 0.2) is 17.2 Å². The lowest BCUT2D eigenvalue weighted by atomic mass is 9.97. The van der Waals surface area contributed by atoms with Gasteiger partial charge in [-0.2, -0.15) is 5.01 Å². The summed E-state index contributed by atoms with van der Waals surface area (Å²) in [4.78, 5) is 32.3. The van der Waals surface area contributed by atoms with Gasteiger partial charge in [-0.1, -0.05) is 12.1 Å². The quantitative estimate of drug-likeness (QED) is 0.250. The summed E-state index contributed by atoms with van der Waals surface area (Å²) in [6.07, 6.45) is 6.20. The topological polar surface area (TPSA) is 125 Å². The SMILES string of the molecule is CN1CCC(Oc2n[nH]c3nccc(Oc4ccc(NC(=O)N5NC=CC(c6ccc(F)cc6)C5=O)cc4F)c23)CC1.Cl.Cl. The molecule has 0 radical (unpaired) electrons. The second-order valence-electron chi connectivity index (χ2n) is 10.1. The first kappa shape index (κ1) is 32.5. The standard InChI is InChI=1S/C29H27F2N7O4.2ClH/c1-37-14-10-20(11-15-37)41-27-25-24(9-12-32-26(25)35-36-27)42-23-7-6-19(16-22(23)31)34-29(40)38-28(39)21(8-13-33-38)17-2-4-18(30)5-3-17;;/h2-9,12-13,16,20-21,33H,10-11,14-15H2,1H3,(H,34,40)(H,32,35,36);2*1H. The number of rotatable bonds is 6. The van der Waals surface area contributed by atoms with E-state index in [-0.39, 0.29) is 42.4 Å². The van der Waals surface area contributed by atoms with E-state index in [4.69, 9.17) is 9.47 Å². The molecule has 0 saturated carbocycles. The van der Waals surface area contributed by atoms with E-state index in [1.54, 1.807) is 12.1 Å². The Morgan fingerprint density at radius 3 is 2.52 bits per heavy atom. The fourth-order valence-corrected chi connectivity index (χ4v) is 4.87. The molecule has 15 heteroatoms. The third kappa shape index (κ3) is 6.85. The minimum Gasteiger partial charge on any atom is -0.473 e. The molecule has 232 valence electrons. The van der Waals surface area contributed by atoms with Crippen molar-refractivity contribution in [1.82, 2.24) is 30.5 Å². The van der Waals surface area contributed by atoms with Crippen molar-refractivity contribution in [1.29, 1.82) is 0 Å². The van der Waals surface area contributed by atoms with Crippen LogP contribution in [0.3, 0.4) is 0 Å². The predicted molar refractivity (Wildman–Crippen MR) is 163 cm³/mol. The van der Waals surface area contributed by atoms with Crippen molar-refractivity contribution in [2.75, 3.05) is 25.5 Å². The summed E-state index contributed by atoms with van der Waals surface area (Å²) in [7, 11) is 2.06. The van der Waals surface area contributed by atoms with Gasteiger partial charge in [0, 0.05) is 43.3 Å². The zero-order valence-corrected chi connectivity index (χ0v) is 25.0. The highest BCUT2D eigenvalue weighted by Crippen LogP contribution is 2.36. The van der Waals surface area contributed by atoms with Crippen LogP contribution in [-0.4, -0.2) is 63.3 Å². The smallest absolute Gasteiger partial charge is 0.347 e. The van der Waals surface area contributed by atoms with Crippen LogP contribution in [0.2, 0.25) is 0 Å². The van der Waals surface area contributed by atoms with Crippen LogP contribution in [0.4, 0.5) is 19.3 Å². The molecule has 1 atom stereocenters. The van der Waals surface area contributed by atoms with Crippen LogP contribution in [0.15, 0.2) is 67.0 Å². The van der Waals surface area contributed by atoms with E-state index in [9.17, 15) is 14.0 Å². The van der Waals surface area contributed by atoms with Crippen molar-refractivity contribution in [2.24, 2.45) is 0 Å². The Morgan fingerprint density at radius 2 is 1.80 bits per heavy atom. The molecular formula is C29H29Cl2F2N7O4. The molecule has 11 nitrogen and oxygen atoms in total. The Hall–Kier alpha value is -4.46. The molecule has 1 fully saturated rings. The van der Waals surface area contributed by atoms with E-state index in [2.05, 4.69) is 37.9 Å². The number of halogens is 4. The van der Waals surface area contributed by atoms with Gasteiger partial charge in [-0.3, -0.25) is 15.3 Å². The lowest BCUT2D eigenvalue weighted by molar-refractivity contribution is -0.131. The van der Waals surface area contributed by atoms with Crippen LogP contribution in [-0.2, 0) is 4.79 Å². The number of ether oxygens (including phenoxy) is 2. The van der Waals surface area contributed by atoms with Gasteiger partial charge in [-0.05, 0) is 55.8 Å². The lowest BCUT2D eigenvalue weighted by Gasteiger charge is -2.28. The van der Waals surface area contributed by atoms with Gasteiger partial charge < -0.3 is 19.7 Å². The number of carbonyl (C=O) groups is 2. The Kier molecular flexibility index (Phi) is 10.2. The number of benzene rings is 2. The minimum atomic E-state index is -0.825. The first-order chi connectivity index (χ1) is 20.4. The largest absolute Gasteiger partial charge is 0.473 e. The molecule has 2 aliphatic rings. The molecule has 2 aromatic carbocycles. The molecule has 2 aromatic heterocycles. The van der Waals surface area contributed by atoms with E-state index in [0.29, 0.717) is 28.2 Å². The number of piperidine rings is 1. The first-order valence-corrected chi connectivity index (χ1v) is 13.3. The number of amides is 3. The maximum absolute atomic E-state index is 15.2. The molecule has 3 N–H and O–H groups in total. The van der Waals surface area contributed by atoms with Gasteiger partial charge in [-0.25, -0.2) is 18.6 Å². The summed E-state index contributed by atoms with van der Waals surface area (Å²) in [6, 6.07) is 10.1. The van der Waals surface area contributed by atoms with Crippen molar-refractivity contribution in [3.8, 4) is 17.4 Å². The predicted octanol–water partition coefficient (Wildman–Crippen LogP) is 5.52. The number of hydrogen-bond donors (Lipinski definition) is 3. The summed E-state index contributed by atoms with van der Waals surface area (Å²) in [5.74, 6) is -2.03. The Labute approximate surface area is 263 Å². The zero-order valence-electron chi connectivity index (χ0n) is 23.3. The molecule has 4 heterocycles. The number of urea groups is 1. The summed E-state index contributed by atoms with van der Waals surface area (Å²) in [5.41, 5.74) is 3.64. The Bertz CT molecular complexity index is 1660. The van der Waals surface area contributed by atoms with Gasteiger partial charge in [0.25, 0.3) is 5.91 Å². The molecule has 4 aromatic rings. The molecule has 0 bridgehead atoms. The second kappa shape index (κ2) is 13.9. The number of hydrazine groups is 1. The molecule has 44 heavy (non-hydrogen) atoms. The summed E-state index contributed by atoms with van der Waals surface area (Å²) in [5, 5.41) is 10.9. The highest BCUT2D eigenvalue weighted by Gasteiger charge is 2.31. The number of aromatic amines is 1. The highest BCUT2D eigenvalue weighted by atomic mass is 35.5. The molecule has 2 aliphatic heterocycles. The van der Waals surface area contributed by atoms with E-state index >= 15 is 4.39 Å². The van der Waals surface area contributed by atoms with Crippen LogP contribution in [0.25, 0.3) is 11.0 Å². The average molecular weight is 648 g/mol. The molecule has 1 saturated heterocycles. The van der Waals surface area contributed by atoms with Crippen LogP contribution in [0, 0.1) is 11.6 Å². The van der Waals surface area contributed by atoms with Crippen molar-refractivity contribution in [2.45, 2.75) is 24.9 Å². The Balaban J connectivity index is 0.00000221. The number of fused-ring (bicyclic) bond motifs is 1. The fourth-order valence-electron chi connectivity index (χ4n) is 4.87. The van der Waals surface area contributed by atoms with Crippen molar-refractivity contribution in [3.63, 3.8) is 0 Å². The van der Waals surface area contributed by atoms with E-state index < -0.39 is 29.5 Å². The lowest BCUT2D eigenvalue weighted by Crippen LogP contribution is -2.50. The number of imide groups is 1. The summed E-state index contributed by atoms with van der Waals surface area (Å²) in [6.45, 7) is 1.83. The number of H-pyrrole nitrogens is 1. The Morgan fingerprint density at radius 1 is 1.05 bits per heavy atom. The van der Waals surface area contributed by atoms with Crippen LogP contribution >= 0.6 is 24.8 Å². The van der Waals surface area contributed by atoms with Gasteiger partial charge in [-0.15, -0.1) is 29.9 Å². The number of pyridine rings is 1. The van der Waals surface area contributed by atoms with Gasteiger partial charge in [0.2, 0.25) is 5.88 Å². The van der Waals surface area contributed by atoms with E-state index in [1.807, 2.05) is 0 Å². The van der Waals surface area contributed by atoms with Crippen molar-refractivity contribution >= 4 is 53.5 Å². The highest BCUT2D eigenvalue weighted by molar-refractivity contribution is 6.04. The van der Waals surface area contributed by atoms with Gasteiger partial charge >= 0.3 is 6.03 Å². The molecule has 1 unspecified atom stereocenters. The number of nitrogens with zero attached hydrogens (tertiary/aromatic N) is 4. The third-order valence-corrected chi connectivity index (χ3v) is 7.15. The second-order valence-corrected chi connectivity index (χ2v) is 10.1. The molecular weight excluding hydrogens is 619 g/mol. The first-order valence-electron chi connectivity index (χ1n) is 13.3. The fraction of sp³-hybridized carbons (Fsp3) is 0.241. The third-order valence-electron chi connectivity index (χ3n) is 7.15. The van der Waals surface area contributed by atoms with E-state index in [0.717, 1.165) is 37.0 Å². The number of hydrogen-bond acceptors (Lipinski definition) is 8. The number of carbonyl (C=O) groups excluding carboxylic acids is 2. The number of likely N-dealkylation sites (tertiary alicyclic amines) is 1. The van der Waals surface area contributed by atoms with Gasteiger partial charge in [0.05, 0.1) is 5.92 Å². The molecule has 6 rings (SSSR count). The molecule has 3 amide bonds. The van der Waals surface area contributed by atoms with Crippen LogP contribution in [0.1, 0.15) is 24.3 Å². The summed E-state index contributed by atoms with van der Waals surface area (Å²) >= 11 is 0. The number of aromatic nitrogens is 3. The van der Waals surface area contributed by atoms with Crippen molar-refractivity contribution < 1.29 is 27.8 Å². The normalized spacial score (nSPS) is 16.9. The van der Waals surface area contributed by atoms with E-state index in [1.165, 1.54) is 48.8 Å². The molecule has 0 aliphatic carbocycles. The zero-order chi connectivity index (χ0) is 29.2. The maximum atomic E-state index is 15.2. The molecule has 0 spiro atoms. The number of nitrogens with one attached hydrogen (secondary N) is 3. The average Bonchev–Trinajstić information content (AvgIpc) is 3.40. The summed E-state index contributed by atoms with van der Waals surface area (Å²) < 4.78 is 40.5. The monoisotopic (exact) mass is 647 g/mol. The maximum Gasteiger partial charge on any atom is 0.347 e. The minimum absolute atomic E-state index is 0. The van der Waals surface area contributed by atoms with Crippen molar-refractivity contribution in [3.05, 3.63) is 84.2 Å². The number of anilines is 1. The van der Waals surface area contributed by atoms with Gasteiger partial charge in [0.1, 0.15) is 23.1 Å².